The van der Waals surface area contributed by atoms with Gasteiger partial charge in [0.15, 0.2) is 0 Å². The van der Waals surface area contributed by atoms with E-state index in [1.807, 2.05) is 73.7 Å². The van der Waals surface area contributed by atoms with Gasteiger partial charge < -0.3 is 24.3 Å². The van der Waals surface area contributed by atoms with Crippen LogP contribution in [0.15, 0.2) is 103 Å². The van der Waals surface area contributed by atoms with Crippen LogP contribution in [0.4, 0.5) is 15.3 Å². The molecular formula is C40H45N3O8. The Kier molecular flexibility index (Phi) is 13.6. The summed E-state index contributed by atoms with van der Waals surface area (Å²) in [5, 5.41) is 3.75. The first-order valence-corrected chi connectivity index (χ1v) is 16.8. The summed E-state index contributed by atoms with van der Waals surface area (Å²) in [6.45, 7) is 7.28. The number of hydrogen-bond acceptors (Lipinski definition) is 8. The molecule has 2 N–H and O–H groups in total. The SMILES string of the molecule is CCCCC(C(=O)Nc1ccc(C(=O)OC)c(-c2cccc(OCc3ccccc3)c2)c1)N(NC(=O)OC(C)(C)C)C(=O)OCc1ccccc1. The summed E-state index contributed by atoms with van der Waals surface area (Å²) in [6, 6.07) is 29.6. The van der Waals surface area contributed by atoms with Gasteiger partial charge in [-0.25, -0.2) is 24.8 Å². The number of nitrogens with zero attached hydrogens (tertiary/aromatic N) is 1. The van der Waals surface area contributed by atoms with Crippen molar-refractivity contribution in [3.63, 3.8) is 0 Å². The number of ether oxygens (including phenoxy) is 4. The summed E-state index contributed by atoms with van der Waals surface area (Å²) in [4.78, 5) is 53.3. The summed E-state index contributed by atoms with van der Waals surface area (Å²) in [5.41, 5.74) is 5.06. The zero-order valence-corrected chi connectivity index (χ0v) is 29.6. The number of amides is 3. The lowest BCUT2D eigenvalue weighted by Gasteiger charge is -2.31. The van der Waals surface area contributed by atoms with Crippen molar-refractivity contribution < 1.29 is 38.1 Å². The monoisotopic (exact) mass is 695 g/mol. The number of carbonyl (C=O) groups is 4. The Balaban J connectivity index is 1.63. The van der Waals surface area contributed by atoms with E-state index in [-0.39, 0.29) is 18.6 Å². The maximum absolute atomic E-state index is 14.0. The highest BCUT2D eigenvalue weighted by atomic mass is 16.6. The molecule has 1 atom stereocenters. The molecule has 4 aromatic carbocycles. The lowest BCUT2D eigenvalue weighted by atomic mass is 9.98. The second kappa shape index (κ2) is 18.2. The third-order valence-corrected chi connectivity index (χ3v) is 7.54. The highest BCUT2D eigenvalue weighted by molar-refractivity contribution is 6.01. The van der Waals surface area contributed by atoms with E-state index in [1.54, 1.807) is 57.2 Å². The Morgan fingerprint density at radius 1 is 0.804 bits per heavy atom. The van der Waals surface area contributed by atoms with Gasteiger partial charge in [-0.05, 0) is 79.8 Å². The highest BCUT2D eigenvalue weighted by Crippen LogP contribution is 2.31. The van der Waals surface area contributed by atoms with Crippen LogP contribution in [0.2, 0.25) is 0 Å². The van der Waals surface area contributed by atoms with Gasteiger partial charge in [0, 0.05) is 5.69 Å². The van der Waals surface area contributed by atoms with Gasteiger partial charge in [-0.15, -0.1) is 0 Å². The van der Waals surface area contributed by atoms with Gasteiger partial charge in [-0.2, -0.15) is 0 Å². The van der Waals surface area contributed by atoms with E-state index in [9.17, 15) is 19.2 Å². The van der Waals surface area contributed by atoms with Crippen LogP contribution in [-0.2, 0) is 32.2 Å². The molecule has 0 fully saturated rings. The number of unbranched alkanes of at least 4 members (excludes halogenated alkanes) is 1. The van der Waals surface area contributed by atoms with Crippen molar-refractivity contribution in [2.75, 3.05) is 12.4 Å². The molecule has 268 valence electrons. The molecule has 0 saturated carbocycles. The third-order valence-electron chi connectivity index (χ3n) is 7.54. The molecule has 0 heterocycles. The van der Waals surface area contributed by atoms with Gasteiger partial charge in [0.2, 0.25) is 5.91 Å². The van der Waals surface area contributed by atoms with Crippen LogP contribution in [0.3, 0.4) is 0 Å². The lowest BCUT2D eigenvalue weighted by molar-refractivity contribution is -0.122. The molecule has 0 aliphatic heterocycles. The average Bonchev–Trinajstić information content (AvgIpc) is 3.12. The second-order valence-electron chi connectivity index (χ2n) is 12.7. The Labute approximate surface area is 298 Å². The standard InChI is InChI=1S/C40H45N3O8/c1-6-7-21-35(43(42-38(46)51-40(2,3)4)39(47)50-27-29-17-12-9-13-18-29)36(44)41-31-22-23-33(37(45)48-5)34(25-31)30-19-14-20-32(24-30)49-26-28-15-10-8-11-16-28/h8-20,22-25,35H,6-7,21,26-27H2,1-5H3,(H,41,44)(H,42,46). The van der Waals surface area contributed by atoms with Crippen LogP contribution in [0.1, 0.15) is 68.4 Å². The fraction of sp³-hybridized carbons (Fsp3) is 0.300. The number of hydrogen-bond donors (Lipinski definition) is 2. The fourth-order valence-electron chi connectivity index (χ4n) is 5.08. The normalized spacial score (nSPS) is 11.5. The molecule has 0 aliphatic rings. The van der Waals surface area contributed by atoms with E-state index in [0.29, 0.717) is 42.0 Å². The minimum absolute atomic E-state index is 0.0826. The molecule has 51 heavy (non-hydrogen) atoms. The minimum Gasteiger partial charge on any atom is -0.489 e. The number of methoxy groups -OCH3 is 1. The Morgan fingerprint density at radius 2 is 1.47 bits per heavy atom. The molecule has 0 radical (unpaired) electrons. The Bertz CT molecular complexity index is 1770. The van der Waals surface area contributed by atoms with Crippen LogP contribution >= 0.6 is 0 Å². The number of hydrazine groups is 1. The smallest absolute Gasteiger partial charge is 0.429 e. The van der Waals surface area contributed by atoms with Gasteiger partial charge in [0.05, 0.1) is 12.7 Å². The quantitative estimate of drug-likeness (QED) is 0.0811. The molecule has 4 rings (SSSR count). The Hall–Kier alpha value is -5.84. The van der Waals surface area contributed by atoms with Gasteiger partial charge in [0.25, 0.3) is 0 Å². The summed E-state index contributed by atoms with van der Waals surface area (Å²) >= 11 is 0. The van der Waals surface area contributed by atoms with Crippen molar-refractivity contribution in [2.24, 2.45) is 0 Å². The first-order chi connectivity index (χ1) is 24.5. The van der Waals surface area contributed by atoms with Crippen LogP contribution in [0.5, 0.6) is 5.75 Å². The molecule has 0 bridgehead atoms. The zero-order chi connectivity index (χ0) is 36.8. The van der Waals surface area contributed by atoms with E-state index < -0.39 is 35.7 Å². The van der Waals surface area contributed by atoms with Crippen LogP contribution in [-0.4, -0.2) is 47.8 Å². The van der Waals surface area contributed by atoms with Crippen molar-refractivity contribution in [2.45, 2.75) is 71.8 Å². The predicted octanol–water partition coefficient (Wildman–Crippen LogP) is 8.30. The minimum atomic E-state index is -1.18. The summed E-state index contributed by atoms with van der Waals surface area (Å²) in [6.07, 6.45) is -0.391. The maximum Gasteiger partial charge on any atom is 0.429 e. The van der Waals surface area contributed by atoms with E-state index in [1.165, 1.54) is 7.11 Å². The highest BCUT2D eigenvalue weighted by Gasteiger charge is 2.34. The van der Waals surface area contributed by atoms with Crippen molar-refractivity contribution >= 4 is 29.8 Å². The molecule has 3 amide bonds. The van der Waals surface area contributed by atoms with Gasteiger partial charge in [0.1, 0.15) is 30.6 Å². The molecule has 0 spiro atoms. The van der Waals surface area contributed by atoms with Crippen molar-refractivity contribution in [3.05, 3.63) is 120 Å². The zero-order valence-electron chi connectivity index (χ0n) is 29.6. The third kappa shape index (κ3) is 11.6. The molecular weight excluding hydrogens is 650 g/mol. The van der Waals surface area contributed by atoms with E-state index in [0.717, 1.165) is 16.1 Å². The second-order valence-corrected chi connectivity index (χ2v) is 12.7. The number of nitrogens with one attached hydrogen (secondary N) is 2. The Morgan fingerprint density at radius 3 is 2.10 bits per heavy atom. The van der Waals surface area contributed by atoms with E-state index >= 15 is 0 Å². The largest absolute Gasteiger partial charge is 0.489 e. The molecule has 1 unspecified atom stereocenters. The number of rotatable bonds is 13. The topological polar surface area (TPSA) is 132 Å². The molecule has 4 aromatic rings. The molecule has 11 nitrogen and oxygen atoms in total. The first-order valence-electron chi connectivity index (χ1n) is 16.8. The van der Waals surface area contributed by atoms with E-state index in [2.05, 4.69) is 10.7 Å². The first kappa shape index (κ1) is 38.0. The summed E-state index contributed by atoms with van der Waals surface area (Å²) in [5.74, 6) is -0.569. The molecule has 0 aromatic heterocycles. The summed E-state index contributed by atoms with van der Waals surface area (Å²) in [7, 11) is 1.29. The number of anilines is 1. The number of carbonyl (C=O) groups excluding carboxylic acids is 4. The summed E-state index contributed by atoms with van der Waals surface area (Å²) < 4.78 is 22.0. The number of esters is 1. The maximum atomic E-state index is 14.0. The van der Waals surface area contributed by atoms with Gasteiger partial charge in [-0.1, -0.05) is 92.6 Å². The number of benzene rings is 4. The van der Waals surface area contributed by atoms with Crippen LogP contribution in [0, 0.1) is 0 Å². The predicted molar refractivity (Wildman–Crippen MR) is 194 cm³/mol. The van der Waals surface area contributed by atoms with Gasteiger partial charge >= 0.3 is 18.2 Å². The lowest BCUT2D eigenvalue weighted by Crippen LogP contribution is -2.57. The van der Waals surface area contributed by atoms with Crippen molar-refractivity contribution in [1.29, 1.82) is 0 Å². The van der Waals surface area contributed by atoms with Crippen LogP contribution in [0.25, 0.3) is 11.1 Å². The average molecular weight is 696 g/mol. The molecule has 0 saturated heterocycles. The van der Waals surface area contributed by atoms with Crippen molar-refractivity contribution in [1.82, 2.24) is 10.4 Å². The fourth-order valence-corrected chi connectivity index (χ4v) is 5.08. The molecule has 11 heteroatoms. The van der Waals surface area contributed by atoms with Gasteiger partial charge in [-0.3, -0.25) is 4.79 Å². The van der Waals surface area contributed by atoms with Crippen LogP contribution < -0.4 is 15.5 Å². The van der Waals surface area contributed by atoms with E-state index in [4.69, 9.17) is 18.9 Å². The molecule has 0 aliphatic carbocycles. The van der Waals surface area contributed by atoms with Crippen molar-refractivity contribution in [3.8, 4) is 16.9 Å².